The van der Waals surface area contributed by atoms with Crippen LogP contribution in [0.5, 0.6) is 11.6 Å². The van der Waals surface area contributed by atoms with Crippen molar-refractivity contribution in [2.75, 3.05) is 13.1 Å². The van der Waals surface area contributed by atoms with Gasteiger partial charge in [-0.2, -0.15) is 0 Å². The molecule has 2 heterocycles. The van der Waals surface area contributed by atoms with Crippen molar-refractivity contribution in [3.05, 3.63) is 77.6 Å². The van der Waals surface area contributed by atoms with E-state index in [4.69, 9.17) is 9.15 Å². The van der Waals surface area contributed by atoms with Gasteiger partial charge in [-0.1, -0.05) is 12.1 Å². The van der Waals surface area contributed by atoms with Crippen LogP contribution in [0.4, 0.5) is 4.39 Å². The lowest BCUT2D eigenvalue weighted by Gasteiger charge is -2.23. The topological polar surface area (TPSA) is 91.9 Å². The molecule has 172 valence electrons. The standard InChI is InChI=1S/C23H27FN4O3.HI/c1-4-25-22(28-15-23(3,29)20-11-10-16(2)30-20)27-14-17-7-6-12-26-21(17)31-19-9-5-8-18(24)13-19;/h5-13,29H,4,14-15H2,1-3H3,(H2,25,27,28);1H. The van der Waals surface area contributed by atoms with Crippen molar-refractivity contribution < 1.29 is 18.7 Å². The lowest BCUT2D eigenvalue weighted by Crippen LogP contribution is -2.44. The van der Waals surface area contributed by atoms with Gasteiger partial charge >= 0.3 is 0 Å². The highest BCUT2D eigenvalue weighted by Gasteiger charge is 2.27. The maximum Gasteiger partial charge on any atom is 0.224 e. The van der Waals surface area contributed by atoms with Crippen molar-refractivity contribution in [3.63, 3.8) is 0 Å². The monoisotopic (exact) mass is 554 g/mol. The number of aliphatic imine (C=N–C) groups is 1. The Balaban J connectivity index is 0.00000363. The molecule has 0 aliphatic carbocycles. The summed E-state index contributed by atoms with van der Waals surface area (Å²) in [5, 5.41) is 17.0. The molecule has 0 bridgehead atoms. The second-order valence-electron chi connectivity index (χ2n) is 7.26. The lowest BCUT2D eigenvalue weighted by molar-refractivity contribution is 0.0378. The van der Waals surface area contributed by atoms with E-state index in [0.29, 0.717) is 29.9 Å². The van der Waals surface area contributed by atoms with Crippen molar-refractivity contribution >= 4 is 29.9 Å². The number of guanidine groups is 1. The van der Waals surface area contributed by atoms with Crippen LogP contribution >= 0.6 is 24.0 Å². The Morgan fingerprint density at radius 2 is 2.03 bits per heavy atom. The first kappa shape index (κ1) is 25.6. The van der Waals surface area contributed by atoms with Crippen molar-refractivity contribution in [2.24, 2.45) is 4.99 Å². The summed E-state index contributed by atoms with van der Waals surface area (Å²) in [6, 6.07) is 13.1. The van der Waals surface area contributed by atoms with Crippen molar-refractivity contribution in [1.82, 2.24) is 15.6 Å². The molecular formula is C23H28FIN4O3. The van der Waals surface area contributed by atoms with Crippen LogP contribution in [0.1, 0.15) is 30.9 Å². The summed E-state index contributed by atoms with van der Waals surface area (Å²) in [4.78, 5) is 8.81. The molecule has 1 aromatic carbocycles. The zero-order valence-electron chi connectivity index (χ0n) is 18.3. The quantitative estimate of drug-likeness (QED) is 0.216. The SMILES string of the molecule is CCNC(=NCc1cccnc1Oc1cccc(F)c1)NCC(C)(O)c1ccc(C)o1.I. The first-order chi connectivity index (χ1) is 14.9. The first-order valence-corrected chi connectivity index (χ1v) is 10.1. The number of ether oxygens (including phenoxy) is 1. The second kappa shape index (κ2) is 11.8. The summed E-state index contributed by atoms with van der Waals surface area (Å²) in [5.74, 6) is 2.06. The van der Waals surface area contributed by atoms with Crippen LogP contribution in [0.25, 0.3) is 0 Å². The van der Waals surface area contributed by atoms with E-state index >= 15 is 0 Å². The number of aromatic nitrogens is 1. The van der Waals surface area contributed by atoms with Gasteiger partial charge in [0.2, 0.25) is 5.88 Å². The lowest BCUT2D eigenvalue weighted by atomic mass is 10.0. The van der Waals surface area contributed by atoms with Gasteiger partial charge in [0.05, 0.1) is 13.1 Å². The van der Waals surface area contributed by atoms with Gasteiger partial charge < -0.3 is 24.9 Å². The number of hydrogen-bond donors (Lipinski definition) is 3. The zero-order valence-corrected chi connectivity index (χ0v) is 20.6. The van der Waals surface area contributed by atoms with E-state index in [2.05, 4.69) is 20.6 Å². The van der Waals surface area contributed by atoms with E-state index in [-0.39, 0.29) is 42.9 Å². The number of furan rings is 1. The van der Waals surface area contributed by atoms with Gasteiger partial charge in [-0.15, -0.1) is 24.0 Å². The van der Waals surface area contributed by atoms with E-state index in [9.17, 15) is 9.50 Å². The van der Waals surface area contributed by atoms with E-state index in [1.165, 1.54) is 12.1 Å². The van der Waals surface area contributed by atoms with E-state index < -0.39 is 5.60 Å². The summed E-state index contributed by atoms with van der Waals surface area (Å²) in [7, 11) is 0. The Kier molecular flexibility index (Phi) is 9.45. The summed E-state index contributed by atoms with van der Waals surface area (Å²) in [6.07, 6.45) is 1.61. The summed E-state index contributed by atoms with van der Waals surface area (Å²) in [5.41, 5.74) is -0.470. The third-order valence-corrected chi connectivity index (χ3v) is 4.48. The molecule has 9 heteroatoms. The number of halogens is 2. The smallest absolute Gasteiger partial charge is 0.224 e. The Bertz CT molecular complexity index is 1040. The highest BCUT2D eigenvalue weighted by Crippen LogP contribution is 2.24. The molecule has 32 heavy (non-hydrogen) atoms. The predicted octanol–water partition coefficient (Wildman–Crippen LogP) is 4.50. The third kappa shape index (κ3) is 7.20. The van der Waals surface area contributed by atoms with Crippen molar-refractivity contribution in [3.8, 4) is 11.6 Å². The molecule has 0 radical (unpaired) electrons. The fourth-order valence-corrected chi connectivity index (χ4v) is 2.85. The summed E-state index contributed by atoms with van der Waals surface area (Å²) in [6.45, 7) is 6.58. The largest absolute Gasteiger partial charge is 0.463 e. The molecule has 3 aromatic rings. The highest BCUT2D eigenvalue weighted by molar-refractivity contribution is 14.0. The van der Waals surface area contributed by atoms with Gasteiger partial charge in [0.25, 0.3) is 0 Å². The number of aliphatic hydroxyl groups is 1. The molecule has 0 saturated carbocycles. The average Bonchev–Trinajstić information content (AvgIpc) is 3.18. The van der Waals surface area contributed by atoms with Crippen LogP contribution in [-0.2, 0) is 12.1 Å². The minimum atomic E-state index is -1.20. The second-order valence-corrected chi connectivity index (χ2v) is 7.26. The number of pyridine rings is 1. The maximum atomic E-state index is 13.4. The predicted molar refractivity (Wildman–Crippen MR) is 132 cm³/mol. The molecular weight excluding hydrogens is 526 g/mol. The number of aryl methyl sites for hydroxylation is 1. The van der Waals surface area contributed by atoms with Crippen LogP contribution in [0.3, 0.4) is 0 Å². The number of rotatable bonds is 8. The molecule has 7 nitrogen and oxygen atoms in total. The van der Waals surface area contributed by atoms with Crippen LogP contribution < -0.4 is 15.4 Å². The van der Waals surface area contributed by atoms with Gasteiger partial charge in [0.15, 0.2) is 5.96 Å². The molecule has 0 aliphatic rings. The van der Waals surface area contributed by atoms with Gasteiger partial charge in [-0.25, -0.2) is 14.4 Å². The molecule has 0 spiro atoms. The molecule has 0 fully saturated rings. The molecule has 0 saturated heterocycles. The Morgan fingerprint density at radius 1 is 1.22 bits per heavy atom. The normalized spacial score (nSPS) is 13.1. The highest BCUT2D eigenvalue weighted by atomic mass is 127. The molecule has 3 N–H and O–H groups in total. The van der Waals surface area contributed by atoms with Crippen molar-refractivity contribution in [1.29, 1.82) is 0 Å². The average molecular weight is 554 g/mol. The fraction of sp³-hybridized carbons (Fsp3) is 0.304. The van der Waals surface area contributed by atoms with Crippen LogP contribution in [-0.4, -0.2) is 29.1 Å². The Labute approximate surface area is 204 Å². The summed E-state index contributed by atoms with van der Waals surface area (Å²) >= 11 is 0. The van der Waals surface area contributed by atoms with Crippen molar-refractivity contribution in [2.45, 2.75) is 32.9 Å². The molecule has 0 aliphatic heterocycles. The number of nitrogens with one attached hydrogen (secondary N) is 2. The van der Waals surface area contributed by atoms with E-state index in [1.54, 1.807) is 37.4 Å². The van der Waals surface area contributed by atoms with E-state index in [1.807, 2.05) is 26.0 Å². The van der Waals surface area contributed by atoms with E-state index in [0.717, 1.165) is 11.3 Å². The Hall–Kier alpha value is -2.66. The minimum absolute atomic E-state index is 0. The number of hydrogen-bond acceptors (Lipinski definition) is 5. The minimum Gasteiger partial charge on any atom is -0.463 e. The van der Waals surface area contributed by atoms with Crippen LogP contribution in [0.15, 0.2) is 64.1 Å². The van der Waals surface area contributed by atoms with Gasteiger partial charge in [-0.3, -0.25) is 0 Å². The number of nitrogens with zero attached hydrogens (tertiary/aromatic N) is 2. The molecule has 1 unspecified atom stereocenters. The third-order valence-electron chi connectivity index (χ3n) is 4.48. The van der Waals surface area contributed by atoms with Crippen LogP contribution in [0, 0.1) is 12.7 Å². The zero-order chi connectivity index (χ0) is 22.3. The van der Waals surface area contributed by atoms with Gasteiger partial charge in [-0.05, 0) is 51.1 Å². The first-order valence-electron chi connectivity index (χ1n) is 10.1. The molecule has 0 amide bonds. The van der Waals surface area contributed by atoms with Crippen LogP contribution in [0.2, 0.25) is 0 Å². The number of benzene rings is 1. The fourth-order valence-electron chi connectivity index (χ4n) is 2.85. The summed E-state index contributed by atoms with van der Waals surface area (Å²) < 4.78 is 24.7. The van der Waals surface area contributed by atoms with Gasteiger partial charge in [0.1, 0.15) is 28.7 Å². The molecule has 3 rings (SSSR count). The van der Waals surface area contributed by atoms with Gasteiger partial charge in [0, 0.05) is 24.4 Å². The maximum absolute atomic E-state index is 13.4. The Morgan fingerprint density at radius 3 is 2.72 bits per heavy atom. The molecule has 1 atom stereocenters. The molecule has 2 aromatic heterocycles.